The highest BCUT2D eigenvalue weighted by Crippen LogP contribution is 2.77. The first kappa shape index (κ1) is 19.1. The fourth-order valence-corrected chi connectivity index (χ4v) is 7.23. The predicted molar refractivity (Wildman–Crippen MR) is 92.5 cm³/mol. The zero-order valence-electron chi connectivity index (χ0n) is 15.7. The zero-order chi connectivity index (χ0) is 17.6. The first-order valence-corrected chi connectivity index (χ1v) is 10.6. The number of hydrogen-bond donors (Lipinski definition) is 0. The van der Waals surface area contributed by atoms with Crippen LogP contribution in [-0.2, 0) is 18.4 Å². The molecule has 2 fully saturated rings. The number of Topliss-reactive ketones (excluding diaryl/α,β-unsaturated/α-hetero) is 1. The summed E-state index contributed by atoms with van der Waals surface area (Å²) in [5, 5.41) is 0. The van der Waals surface area contributed by atoms with E-state index in [1.165, 1.54) is 0 Å². The van der Waals surface area contributed by atoms with E-state index in [9.17, 15) is 9.36 Å². The minimum absolute atomic E-state index is 0.0268. The van der Waals surface area contributed by atoms with Gasteiger partial charge in [0.05, 0.1) is 13.2 Å². The maximum absolute atomic E-state index is 13.7. The van der Waals surface area contributed by atoms with E-state index in [1.54, 1.807) is 0 Å². The summed E-state index contributed by atoms with van der Waals surface area (Å²) in [6, 6.07) is 0. The van der Waals surface area contributed by atoms with Gasteiger partial charge in [0.15, 0.2) is 5.78 Å². The molecule has 0 aromatic rings. The molecule has 0 aliphatic heterocycles. The molecule has 2 aliphatic carbocycles. The molecule has 23 heavy (non-hydrogen) atoms. The van der Waals surface area contributed by atoms with Gasteiger partial charge < -0.3 is 9.05 Å². The molecule has 5 heteroatoms. The van der Waals surface area contributed by atoms with Crippen LogP contribution >= 0.6 is 7.60 Å². The van der Waals surface area contributed by atoms with Gasteiger partial charge in [0.25, 0.3) is 0 Å². The third kappa shape index (κ3) is 3.32. The van der Waals surface area contributed by atoms with Crippen LogP contribution in [-0.4, -0.2) is 24.7 Å². The number of carbonyl (C=O) groups is 1. The molecular formula is C18H33O4P. The first-order chi connectivity index (χ1) is 10.6. The van der Waals surface area contributed by atoms with Gasteiger partial charge in [0.1, 0.15) is 5.66 Å². The lowest BCUT2D eigenvalue weighted by Gasteiger charge is -2.32. The summed E-state index contributed by atoms with van der Waals surface area (Å²) in [6.45, 7) is 15.0. The molecule has 4 nitrogen and oxygen atoms in total. The number of ketones is 1. The normalized spacial score (nSPS) is 33.8. The summed E-state index contributed by atoms with van der Waals surface area (Å²) in [4.78, 5) is 12.9. The smallest absolute Gasteiger partial charge is 0.308 e. The summed E-state index contributed by atoms with van der Waals surface area (Å²) < 4.78 is 25.3. The predicted octanol–water partition coefficient (Wildman–Crippen LogP) is 4.77. The van der Waals surface area contributed by atoms with E-state index in [2.05, 4.69) is 13.8 Å². The Hall–Kier alpha value is -0.180. The summed E-state index contributed by atoms with van der Waals surface area (Å²) in [7, 11) is -3.45. The molecule has 0 aromatic heterocycles. The Kier molecular flexibility index (Phi) is 5.51. The maximum atomic E-state index is 13.7. The number of rotatable bonds is 8. The molecule has 2 aliphatic rings. The van der Waals surface area contributed by atoms with E-state index in [0.717, 1.165) is 6.42 Å². The van der Waals surface area contributed by atoms with Crippen LogP contribution < -0.4 is 0 Å². The number of carbonyl (C=O) groups excluding carboxylic acids is 1. The van der Waals surface area contributed by atoms with Crippen LogP contribution in [0.5, 0.6) is 0 Å². The average Bonchev–Trinajstić information content (AvgIpc) is 3.14. The van der Waals surface area contributed by atoms with Crippen molar-refractivity contribution in [3.05, 3.63) is 0 Å². The van der Waals surface area contributed by atoms with E-state index < -0.39 is 13.3 Å². The van der Waals surface area contributed by atoms with Gasteiger partial charge in [-0.15, -0.1) is 0 Å². The highest BCUT2D eigenvalue weighted by molar-refractivity contribution is 7.56. The van der Waals surface area contributed by atoms with Crippen LogP contribution in [0.4, 0.5) is 0 Å². The minimum atomic E-state index is -3.45. The molecule has 0 bridgehead atoms. The lowest BCUT2D eigenvalue weighted by molar-refractivity contribution is -0.121. The van der Waals surface area contributed by atoms with Crippen LogP contribution in [0, 0.1) is 35.0 Å². The van der Waals surface area contributed by atoms with Gasteiger partial charge in [-0.05, 0) is 35.5 Å². The Bertz CT molecular complexity index is 483. The second-order valence-electron chi connectivity index (χ2n) is 8.59. The quantitative estimate of drug-likeness (QED) is 0.595. The van der Waals surface area contributed by atoms with E-state index >= 15 is 0 Å². The Balaban J connectivity index is 2.33. The van der Waals surface area contributed by atoms with Crippen LogP contribution in [0.2, 0.25) is 0 Å². The molecule has 1 unspecified atom stereocenters. The van der Waals surface area contributed by atoms with Gasteiger partial charge in [0.2, 0.25) is 0 Å². The lowest BCUT2D eigenvalue weighted by Crippen LogP contribution is -2.34. The summed E-state index contributed by atoms with van der Waals surface area (Å²) in [6.07, 6.45) is 0.975. The van der Waals surface area contributed by atoms with E-state index in [0.29, 0.717) is 25.0 Å². The Labute approximate surface area is 141 Å². The molecule has 2 rings (SSSR count). The molecule has 0 radical (unpaired) electrons. The van der Waals surface area contributed by atoms with Crippen LogP contribution in [0.3, 0.4) is 0 Å². The number of hydrogen-bond acceptors (Lipinski definition) is 4. The second-order valence-corrected chi connectivity index (χ2v) is 10.7. The molecule has 0 saturated heterocycles. The Morgan fingerprint density at radius 3 is 1.96 bits per heavy atom. The van der Waals surface area contributed by atoms with Crippen LogP contribution in [0.25, 0.3) is 0 Å². The SMILES string of the molecule is CC(C)COP(=O)(OCC(C)C)C1C(=O)[C@H](C)[C@H]2C[C@@]12C(C)C. The average molecular weight is 344 g/mol. The standard InChI is InChI=1S/C18H33O4P/c1-11(2)9-21-23(20,22-10-12(3)4)17-16(19)14(7)15-8-18(15,17)13(5)6/h11-15,17H,8-10H2,1-7H3/t14-,15-,17?,18+/m1/s1. The largest absolute Gasteiger partial charge is 0.341 e. The summed E-state index contributed by atoms with van der Waals surface area (Å²) in [5.74, 6) is 1.23. The van der Waals surface area contributed by atoms with E-state index in [4.69, 9.17) is 9.05 Å². The van der Waals surface area contributed by atoms with Crippen molar-refractivity contribution in [3.8, 4) is 0 Å². The molecule has 0 spiro atoms. The maximum Gasteiger partial charge on any atom is 0.341 e. The molecule has 0 aromatic carbocycles. The van der Waals surface area contributed by atoms with Gasteiger partial charge in [-0.1, -0.05) is 48.5 Å². The third-order valence-corrected chi connectivity index (χ3v) is 7.89. The highest BCUT2D eigenvalue weighted by Gasteiger charge is 2.75. The van der Waals surface area contributed by atoms with Gasteiger partial charge in [-0.3, -0.25) is 9.36 Å². The van der Waals surface area contributed by atoms with Crippen LogP contribution in [0.1, 0.15) is 54.9 Å². The molecular weight excluding hydrogens is 311 g/mol. The highest BCUT2D eigenvalue weighted by atomic mass is 31.2. The Morgan fingerprint density at radius 2 is 1.57 bits per heavy atom. The van der Waals surface area contributed by atoms with Crippen LogP contribution in [0.15, 0.2) is 0 Å². The molecule has 2 saturated carbocycles. The monoisotopic (exact) mass is 344 g/mol. The zero-order valence-corrected chi connectivity index (χ0v) is 16.6. The molecule has 0 N–H and O–H groups in total. The van der Waals surface area contributed by atoms with Crippen molar-refractivity contribution in [1.82, 2.24) is 0 Å². The molecule has 0 heterocycles. The lowest BCUT2D eigenvalue weighted by atomic mass is 9.89. The van der Waals surface area contributed by atoms with Crippen molar-refractivity contribution in [3.63, 3.8) is 0 Å². The van der Waals surface area contributed by atoms with E-state index in [-0.39, 0.29) is 29.0 Å². The third-order valence-electron chi connectivity index (χ3n) is 5.50. The first-order valence-electron chi connectivity index (χ1n) is 8.98. The van der Waals surface area contributed by atoms with Crippen molar-refractivity contribution >= 4 is 13.4 Å². The van der Waals surface area contributed by atoms with Crippen molar-refractivity contribution in [2.75, 3.05) is 13.2 Å². The molecule has 134 valence electrons. The van der Waals surface area contributed by atoms with Gasteiger partial charge in [-0.25, -0.2) is 0 Å². The van der Waals surface area contributed by atoms with Crippen molar-refractivity contribution in [2.45, 2.75) is 60.5 Å². The molecule has 4 atom stereocenters. The minimum Gasteiger partial charge on any atom is -0.308 e. The fourth-order valence-electron chi connectivity index (χ4n) is 4.11. The van der Waals surface area contributed by atoms with E-state index in [1.807, 2.05) is 34.6 Å². The van der Waals surface area contributed by atoms with Crippen molar-refractivity contribution in [2.24, 2.45) is 35.0 Å². The second kappa shape index (κ2) is 6.61. The Morgan fingerprint density at radius 1 is 1.09 bits per heavy atom. The van der Waals surface area contributed by atoms with Gasteiger partial charge >= 0.3 is 7.60 Å². The number of fused-ring (bicyclic) bond motifs is 1. The molecule has 0 amide bonds. The topological polar surface area (TPSA) is 52.6 Å². The van der Waals surface area contributed by atoms with Gasteiger partial charge in [-0.2, -0.15) is 0 Å². The van der Waals surface area contributed by atoms with Crippen molar-refractivity contribution < 1.29 is 18.4 Å². The van der Waals surface area contributed by atoms with Gasteiger partial charge in [0, 0.05) is 5.92 Å². The van der Waals surface area contributed by atoms with Crippen molar-refractivity contribution in [1.29, 1.82) is 0 Å². The fraction of sp³-hybridized carbons (Fsp3) is 0.944. The summed E-state index contributed by atoms with van der Waals surface area (Å²) in [5.41, 5.74) is -0.757. The summed E-state index contributed by atoms with van der Waals surface area (Å²) >= 11 is 0.